The smallest absolute Gasteiger partial charge is 0.234 e. The molecule has 0 radical (unpaired) electrons. The highest BCUT2D eigenvalue weighted by Crippen LogP contribution is 2.04. The second-order valence-corrected chi connectivity index (χ2v) is 4.67. The van der Waals surface area contributed by atoms with Crippen molar-refractivity contribution in [2.24, 2.45) is 11.5 Å². The third-order valence-corrected chi connectivity index (χ3v) is 2.90. The molecule has 0 aromatic rings. The molecule has 0 rings (SSSR count). The molecule has 0 fully saturated rings. The van der Waals surface area contributed by atoms with Crippen LogP contribution in [-0.2, 0) is 9.59 Å². The summed E-state index contributed by atoms with van der Waals surface area (Å²) in [4.78, 5) is 22.0. The zero-order valence-corrected chi connectivity index (χ0v) is 11.4. The molecular weight excluding hydrogens is 230 g/mol. The van der Waals surface area contributed by atoms with Crippen molar-refractivity contribution in [1.82, 2.24) is 5.32 Å². The van der Waals surface area contributed by atoms with Gasteiger partial charge in [-0.2, -0.15) is 0 Å². The Balaban J connectivity index is 3.35. The molecule has 0 saturated carbocycles. The van der Waals surface area contributed by atoms with Crippen molar-refractivity contribution in [2.75, 3.05) is 6.54 Å². The molecule has 2 amide bonds. The first kappa shape index (κ1) is 16.9. The van der Waals surface area contributed by atoms with E-state index in [0.717, 1.165) is 12.8 Å². The molecule has 0 aromatic heterocycles. The number of nitrogens with two attached hydrogens (primary N) is 2. The van der Waals surface area contributed by atoms with Gasteiger partial charge in [0.15, 0.2) is 0 Å². The number of amides is 2. The highest BCUT2D eigenvalue weighted by molar-refractivity contribution is 5.81. The second kappa shape index (κ2) is 11.0. The summed E-state index contributed by atoms with van der Waals surface area (Å²) in [5.41, 5.74) is 10.4. The Morgan fingerprint density at radius 3 is 2.33 bits per heavy atom. The third kappa shape index (κ3) is 10.1. The van der Waals surface area contributed by atoms with Crippen molar-refractivity contribution in [3.8, 4) is 0 Å². The van der Waals surface area contributed by atoms with Crippen LogP contribution in [0.15, 0.2) is 0 Å². The molecule has 0 aliphatic rings. The minimum Gasteiger partial charge on any atom is -0.368 e. The van der Waals surface area contributed by atoms with Gasteiger partial charge in [0.2, 0.25) is 11.8 Å². The van der Waals surface area contributed by atoms with Gasteiger partial charge in [-0.3, -0.25) is 9.59 Å². The molecule has 18 heavy (non-hydrogen) atoms. The van der Waals surface area contributed by atoms with E-state index in [0.29, 0.717) is 13.0 Å². The Morgan fingerprint density at radius 1 is 1.11 bits per heavy atom. The minimum absolute atomic E-state index is 0.0553. The van der Waals surface area contributed by atoms with Crippen molar-refractivity contribution in [2.45, 2.75) is 64.3 Å². The van der Waals surface area contributed by atoms with E-state index in [1.807, 2.05) is 0 Å². The molecular formula is C13H27N3O2. The predicted octanol–water partition coefficient (Wildman–Crippen LogP) is 1.06. The molecule has 0 spiro atoms. The summed E-state index contributed by atoms with van der Waals surface area (Å²) < 4.78 is 0. The fourth-order valence-corrected chi connectivity index (χ4v) is 1.65. The van der Waals surface area contributed by atoms with E-state index >= 15 is 0 Å². The molecule has 5 nitrogen and oxygen atoms in total. The highest BCUT2D eigenvalue weighted by atomic mass is 16.2. The first-order chi connectivity index (χ1) is 8.57. The number of hydrogen-bond donors (Lipinski definition) is 3. The van der Waals surface area contributed by atoms with Gasteiger partial charge in [0.1, 0.15) is 0 Å². The van der Waals surface area contributed by atoms with Crippen LogP contribution >= 0.6 is 0 Å². The van der Waals surface area contributed by atoms with Crippen LogP contribution in [0.5, 0.6) is 0 Å². The lowest BCUT2D eigenvalue weighted by Gasteiger charge is -2.08. The van der Waals surface area contributed by atoms with E-state index in [1.54, 1.807) is 0 Å². The van der Waals surface area contributed by atoms with E-state index in [-0.39, 0.29) is 12.3 Å². The van der Waals surface area contributed by atoms with Crippen LogP contribution in [0.1, 0.15) is 58.3 Å². The average molecular weight is 257 g/mol. The van der Waals surface area contributed by atoms with E-state index < -0.39 is 11.9 Å². The fourth-order valence-electron chi connectivity index (χ4n) is 1.65. The molecule has 0 saturated heterocycles. The molecule has 0 aromatic carbocycles. The highest BCUT2D eigenvalue weighted by Gasteiger charge is 2.11. The predicted molar refractivity (Wildman–Crippen MR) is 72.8 cm³/mol. The van der Waals surface area contributed by atoms with Crippen LogP contribution in [0.25, 0.3) is 0 Å². The van der Waals surface area contributed by atoms with Crippen LogP contribution in [0.3, 0.4) is 0 Å². The average Bonchev–Trinajstić information content (AvgIpc) is 2.34. The number of nitrogens with one attached hydrogen (secondary N) is 1. The summed E-state index contributed by atoms with van der Waals surface area (Å²) in [6.07, 6.45) is 7.79. The first-order valence-electron chi connectivity index (χ1n) is 6.89. The molecule has 1 atom stereocenters. The van der Waals surface area contributed by atoms with Gasteiger partial charge in [0, 0.05) is 13.0 Å². The standard InChI is InChI=1S/C13H27N3O2/c1-2-3-4-5-6-7-10-16-12(17)9-8-11(14)13(15)18/h11H,2-10,14H2,1H3,(H2,15,18)(H,16,17)/t11-/m0/s1. The molecule has 0 aliphatic carbocycles. The van der Waals surface area contributed by atoms with E-state index in [9.17, 15) is 9.59 Å². The maximum atomic E-state index is 11.4. The summed E-state index contributed by atoms with van der Waals surface area (Å²) in [7, 11) is 0. The van der Waals surface area contributed by atoms with Crippen LogP contribution in [0.2, 0.25) is 0 Å². The second-order valence-electron chi connectivity index (χ2n) is 4.67. The van der Waals surface area contributed by atoms with Crippen molar-refractivity contribution in [1.29, 1.82) is 0 Å². The normalized spacial score (nSPS) is 12.1. The van der Waals surface area contributed by atoms with Crippen molar-refractivity contribution in [3.63, 3.8) is 0 Å². The van der Waals surface area contributed by atoms with Crippen LogP contribution in [0, 0.1) is 0 Å². The molecule has 0 bridgehead atoms. The number of carbonyl (C=O) groups excluding carboxylic acids is 2. The van der Waals surface area contributed by atoms with Crippen LogP contribution in [0.4, 0.5) is 0 Å². The zero-order chi connectivity index (χ0) is 13.8. The van der Waals surface area contributed by atoms with Gasteiger partial charge >= 0.3 is 0 Å². The van der Waals surface area contributed by atoms with E-state index in [1.165, 1.54) is 25.7 Å². The lowest BCUT2D eigenvalue weighted by molar-refractivity contribution is -0.122. The topological polar surface area (TPSA) is 98.2 Å². The summed E-state index contributed by atoms with van der Waals surface area (Å²) in [6.45, 7) is 2.90. The Labute approximate surface area is 110 Å². The van der Waals surface area contributed by atoms with Crippen LogP contribution < -0.4 is 16.8 Å². The van der Waals surface area contributed by atoms with Gasteiger partial charge in [-0.25, -0.2) is 0 Å². The number of hydrogen-bond acceptors (Lipinski definition) is 3. The molecule has 0 unspecified atom stereocenters. The van der Waals surface area contributed by atoms with Crippen molar-refractivity contribution < 1.29 is 9.59 Å². The zero-order valence-electron chi connectivity index (χ0n) is 11.4. The number of rotatable bonds is 11. The Hall–Kier alpha value is -1.10. The van der Waals surface area contributed by atoms with Crippen LogP contribution in [-0.4, -0.2) is 24.4 Å². The molecule has 5 heteroatoms. The van der Waals surface area contributed by atoms with Gasteiger partial charge in [0.05, 0.1) is 6.04 Å². The first-order valence-corrected chi connectivity index (χ1v) is 6.89. The van der Waals surface area contributed by atoms with Gasteiger partial charge in [-0.1, -0.05) is 39.0 Å². The SMILES string of the molecule is CCCCCCCCNC(=O)CC[C@H](N)C(N)=O. The van der Waals surface area contributed by atoms with Crippen molar-refractivity contribution >= 4 is 11.8 Å². The largest absolute Gasteiger partial charge is 0.368 e. The molecule has 0 heterocycles. The summed E-state index contributed by atoms with van der Waals surface area (Å²) in [5, 5.41) is 2.82. The summed E-state index contributed by atoms with van der Waals surface area (Å²) >= 11 is 0. The molecule has 5 N–H and O–H groups in total. The maximum absolute atomic E-state index is 11.4. The fraction of sp³-hybridized carbons (Fsp3) is 0.846. The van der Waals surface area contributed by atoms with E-state index in [2.05, 4.69) is 12.2 Å². The maximum Gasteiger partial charge on any atom is 0.234 e. The monoisotopic (exact) mass is 257 g/mol. The molecule has 0 aliphatic heterocycles. The van der Waals surface area contributed by atoms with Gasteiger partial charge < -0.3 is 16.8 Å². The van der Waals surface area contributed by atoms with Gasteiger partial charge in [-0.05, 0) is 12.8 Å². The van der Waals surface area contributed by atoms with Gasteiger partial charge in [0.25, 0.3) is 0 Å². The van der Waals surface area contributed by atoms with E-state index in [4.69, 9.17) is 11.5 Å². The summed E-state index contributed by atoms with van der Waals surface area (Å²) in [6, 6.07) is -0.718. The van der Waals surface area contributed by atoms with Crippen molar-refractivity contribution in [3.05, 3.63) is 0 Å². The minimum atomic E-state index is -0.718. The van der Waals surface area contributed by atoms with Gasteiger partial charge in [-0.15, -0.1) is 0 Å². The lowest BCUT2D eigenvalue weighted by Crippen LogP contribution is -2.37. The number of unbranched alkanes of at least 4 members (excludes halogenated alkanes) is 5. The quantitative estimate of drug-likeness (QED) is 0.483. The molecule has 106 valence electrons. The Kier molecular flexibility index (Phi) is 10.3. The Morgan fingerprint density at radius 2 is 1.72 bits per heavy atom. The number of primary amides is 1. The number of carbonyl (C=O) groups is 2. The third-order valence-electron chi connectivity index (χ3n) is 2.90. The Bertz CT molecular complexity index is 244. The summed E-state index contributed by atoms with van der Waals surface area (Å²) in [5.74, 6) is -0.612. The lowest BCUT2D eigenvalue weighted by atomic mass is 10.1.